The third-order valence-electron chi connectivity index (χ3n) is 5.52. The van der Waals surface area contributed by atoms with Gasteiger partial charge in [0.15, 0.2) is 0 Å². The molecule has 2 saturated heterocycles. The molecule has 1 N–H and O–H groups in total. The van der Waals surface area contributed by atoms with Crippen molar-refractivity contribution in [2.45, 2.75) is 30.7 Å². The predicted molar refractivity (Wildman–Crippen MR) is 110 cm³/mol. The summed E-state index contributed by atoms with van der Waals surface area (Å²) in [6.07, 6.45) is 4.27. The van der Waals surface area contributed by atoms with Crippen molar-refractivity contribution in [1.29, 1.82) is 0 Å². The van der Waals surface area contributed by atoms with Gasteiger partial charge in [0.25, 0.3) is 0 Å². The fourth-order valence-corrected chi connectivity index (χ4v) is 4.27. The second-order valence-electron chi connectivity index (χ2n) is 7.27. The number of likely N-dealkylation sites (tertiary alicyclic amines) is 1. The largest absolute Gasteiger partial charge is 0.342 e. The van der Waals surface area contributed by atoms with Crippen molar-refractivity contribution < 1.29 is 9.59 Å². The van der Waals surface area contributed by atoms with E-state index in [1.165, 1.54) is 0 Å². The summed E-state index contributed by atoms with van der Waals surface area (Å²) in [5.74, 6) is 0.276. The molecule has 0 aromatic heterocycles. The molecular formula is C20H30N4O2S. The Labute approximate surface area is 166 Å². The van der Waals surface area contributed by atoms with Gasteiger partial charge in [-0.1, -0.05) is 12.1 Å². The van der Waals surface area contributed by atoms with Crippen LogP contribution in [0, 0.1) is 0 Å². The highest BCUT2D eigenvalue weighted by Crippen LogP contribution is 2.25. The van der Waals surface area contributed by atoms with Crippen LogP contribution in [0.25, 0.3) is 0 Å². The number of benzene rings is 1. The first kappa shape index (κ1) is 20.2. The van der Waals surface area contributed by atoms with Crippen LogP contribution < -0.4 is 5.32 Å². The highest BCUT2D eigenvalue weighted by molar-refractivity contribution is 7.98. The lowest BCUT2D eigenvalue weighted by molar-refractivity contribution is -0.132. The van der Waals surface area contributed by atoms with E-state index < -0.39 is 0 Å². The van der Waals surface area contributed by atoms with Crippen LogP contribution >= 0.6 is 11.8 Å². The number of para-hydroxylation sites is 1. The molecule has 1 atom stereocenters. The quantitative estimate of drug-likeness (QED) is 0.753. The standard InChI is InChI=1S/C20H30N4O2S/c1-16(20(26)21-17-7-3-4-8-18(17)27-2)23-13-11-22(12-14-23)15-19(25)24-9-5-6-10-24/h3-4,7-8,16H,5-6,9-15H2,1-2H3,(H,21,26). The zero-order valence-electron chi connectivity index (χ0n) is 16.3. The molecule has 6 nitrogen and oxygen atoms in total. The van der Waals surface area contributed by atoms with Crippen molar-refractivity contribution in [3.05, 3.63) is 24.3 Å². The minimum atomic E-state index is -0.184. The predicted octanol–water partition coefficient (Wildman–Crippen LogP) is 1.98. The van der Waals surface area contributed by atoms with E-state index in [4.69, 9.17) is 0 Å². The lowest BCUT2D eigenvalue weighted by Gasteiger charge is -2.37. The number of piperazine rings is 1. The Balaban J connectivity index is 1.46. The average Bonchev–Trinajstić information content (AvgIpc) is 3.23. The second-order valence-corrected chi connectivity index (χ2v) is 8.11. The van der Waals surface area contributed by atoms with Crippen molar-refractivity contribution in [3.63, 3.8) is 0 Å². The number of nitrogens with zero attached hydrogens (tertiary/aromatic N) is 3. The zero-order chi connectivity index (χ0) is 19.2. The monoisotopic (exact) mass is 390 g/mol. The maximum absolute atomic E-state index is 12.7. The molecule has 0 spiro atoms. The van der Waals surface area contributed by atoms with Gasteiger partial charge < -0.3 is 10.2 Å². The number of carbonyl (C=O) groups is 2. The van der Waals surface area contributed by atoms with Crippen LogP contribution in [0.15, 0.2) is 29.2 Å². The van der Waals surface area contributed by atoms with E-state index in [0.29, 0.717) is 6.54 Å². The first-order chi connectivity index (χ1) is 13.1. The van der Waals surface area contributed by atoms with E-state index in [-0.39, 0.29) is 17.9 Å². The van der Waals surface area contributed by atoms with Gasteiger partial charge in [-0.2, -0.15) is 0 Å². The molecule has 0 radical (unpaired) electrons. The van der Waals surface area contributed by atoms with Gasteiger partial charge in [0.1, 0.15) is 0 Å². The SMILES string of the molecule is CSc1ccccc1NC(=O)C(C)N1CCN(CC(=O)N2CCCC2)CC1. The summed E-state index contributed by atoms with van der Waals surface area (Å²) >= 11 is 1.63. The molecule has 0 aliphatic carbocycles. The van der Waals surface area contributed by atoms with Crippen LogP contribution in [0.2, 0.25) is 0 Å². The minimum Gasteiger partial charge on any atom is -0.342 e. The second kappa shape index (κ2) is 9.57. The molecule has 0 saturated carbocycles. The van der Waals surface area contributed by atoms with Crippen molar-refractivity contribution >= 4 is 29.3 Å². The molecule has 1 aromatic carbocycles. The number of hydrogen-bond acceptors (Lipinski definition) is 5. The van der Waals surface area contributed by atoms with Gasteiger partial charge in [-0.15, -0.1) is 11.8 Å². The van der Waals surface area contributed by atoms with Crippen molar-refractivity contribution in [2.24, 2.45) is 0 Å². The number of hydrogen-bond donors (Lipinski definition) is 1. The van der Waals surface area contributed by atoms with Gasteiger partial charge in [0.2, 0.25) is 11.8 Å². The van der Waals surface area contributed by atoms with Crippen molar-refractivity contribution in [1.82, 2.24) is 14.7 Å². The first-order valence-electron chi connectivity index (χ1n) is 9.76. The summed E-state index contributed by atoms with van der Waals surface area (Å²) in [7, 11) is 0. The molecule has 2 heterocycles. The molecule has 1 aromatic rings. The van der Waals surface area contributed by atoms with Crippen LogP contribution in [-0.4, -0.2) is 84.6 Å². The van der Waals surface area contributed by atoms with E-state index >= 15 is 0 Å². The Kier molecular flexibility index (Phi) is 7.15. The van der Waals surface area contributed by atoms with Crippen LogP contribution in [-0.2, 0) is 9.59 Å². The number of anilines is 1. The van der Waals surface area contributed by atoms with Gasteiger partial charge in [-0.3, -0.25) is 19.4 Å². The molecule has 2 aliphatic heterocycles. The van der Waals surface area contributed by atoms with Crippen molar-refractivity contribution in [2.75, 3.05) is 57.4 Å². The fourth-order valence-electron chi connectivity index (χ4n) is 3.72. The molecule has 1 unspecified atom stereocenters. The normalized spacial score (nSPS) is 19.9. The highest BCUT2D eigenvalue weighted by atomic mass is 32.2. The summed E-state index contributed by atoms with van der Waals surface area (Å²) in [5, 5.41) is 3.06. The van der Waals surface area contributed by atoms with Crippen LogP contribution in [0.3, 0.4) is 0 Å². The first-order valence-corrected chi connectivity index (χ1v) is 11.0. The Morgan fingerprint density at radius 3 is 2.41 bits per heavy atom. The third-order valence-corrected chi connectivity index (χ3v) is 6.31. The maximum Gasteiger partial charge on any atom is 0.241 e. The number of nitrogens with one attached hydrogen (secondary N) is 1. The molecule has 2 amide bonds. The summed E-state index contributed by atoms with van der Waals surface area (Å²) in [5.41, 5.74) is 0.872. The topological polar surface area (TPSA) is 55.9 Å². The van der Waals surface area contributed by atoms with Crippen LogP contribution in [0.4, 0.5) is 5.69 Å². The molecule has 2 aliphatic rings. The van der Waals surface area contributed by atoms with Gasteiger partial charge in [-0.25, -0.2) is 0 Å². The molecule has 2 fully saturated rings. The Morgan fingerprint density at radius 2 is 1.74 bits per heavy atom. The van der Waals surface area contributed by atoms with Gasteiger partial charge >= 0.3 is 0 Å². The molecule has 0 bridgehead atoms. The third kappa shape index (κ3) is 5.24. The zero-order valence-corrected chi connectivity index (χ0v) is 17.1. The minimum absolute atomic E-state index is 0.0260. The number of rotatable bonds is 6. The van der Waals surface area contributed by atoms with E-state index in [1.807, 2.05) is 42.3 Å². The Bertz CT molecular complexity index is 655. The van der Waals surface area contributed by atoms with E-state index in [2.05, 4.69) is 15.1 Å². The van der Waals surface area contributed by atoms with Crippen LogP contribution in [0.1, 0.15) is 19.8 Å². The number of amides is 2. The maximum atomic E-state index is 12.7. The number of thioether (sulfide) groups is 1. The fraction of sp³-hybridized carbons (Fsp3) is 0.600. The summed E-state index contributed by atoms with van der Waals surface area (Å²) < 4.78 is 0. The molecule has 7 heteroatoms. The smallest absolute Gasteiger partial charge is 0.241 e. The summed E-state index contributed by atoms with van der Waals surface area (Å²) in [6, 6.07) is 7.69. The lowest BCUT2D eigenvalue weighted by atomic mass is 10.2. The van der Waals surface area contributed by atoms with Gasteiger partial charge in [0, 0.05) is 44.2 Å². The average molecular weight is 391 g/mol. The van der Waals surface area contributed by atoms with Gasteiger partial charge in [0.05, 0.1) is 18.3 Å². The highest BCUT2D eigenvalue weighted by Gasteiger charge is 2.28. The van der Waals surface area contributed by atoms with Gasteiger partial charge in [-0.05, 0) is 38.2 Å². The molecular weight excluding hydrogens is 360 g/mol. The lowest BCUT2D eigenvalue weighted by Crippen LogP contribution is -2.54. The summed E-state index contributed by atoms with van der Waals surface area (Å²) in [6.45, 7) is 7.58. The van der Waals surface area contributed by atoms with Crippen LogP contribution in [0.5, 0.6) is 0 Å². The van der Waals surface area contributed by atoms with E-state index in [1.54, 1.807) is 11.8 Å². The molecule has 3 rings (SSSR count). The Morgan fingerprint density at radius 1 is 1.07 bits per heavy atom. The number of carbonyl (C=O) groups excluding carboxylic acids is 2. The molecule has 148 valence electrons. The summed E-state index contributed by atoms with van der Waals surface area (Å²) in [4.78, 5) is 32.4. The van der Waals surface area contributed by atoms with Crippen molar-refractivity contribution in [3.8, 4) is 0 Å². The van der Waals surface area contributed by atoms with E-state index in [0.717, 1.165) is 62.7 Å². The molecule has 27 heavy (non-hydrogen) atoms. The Hall–Kier alpha value is -1.57. The van der Waals surface area contributed by atoms with E-state index in [9.17, 15) is 9.59 Å².